The molecule has 0 aliphatic carbocycles. The molecule has 0 aromatic heterocycles. The second-order valence-electron chi connectivity index (χ2n) is 2.57. The van der Waals surface area contributed by atoms with Gasteiger partial charge in [-0.05, 0) is 13.0 Å². The zero-order valence-electron chi connectivity index (χ0n) is 6.74. The minimum absolute atomic E-state index is 0.141. The summed E-state index contributed by atoms with van der Waals surface area (Å²) >= 11 is 0. The van der Waals surface area contributed by atoms with Gasteiger partial charge in [-0.15, -0.1) is 0 Å². The number of carbonyl (C=O) groups is 1. The van der Waals surface area contributed by atoms with Crippen LogP contribution >= 0.6 is 0 Å². The van der Waals surface area contributed by atoms with Gasteiger partial charge in [-0.2, -0.15) is 0 Å². The zero-order chi connectivity index (χ0) is 8.27. The Bertz CT molecular complexity index is 174. The number of hydrogen-bond donors (Lipinski definition) is 0. The number of hydrogen-bond acceptors (Lipinski definition) is 3. The van der Waals surface area contributed by atoms with Gasteiger partial charge in [0.25, 0.3) is 0 Å². The molecule has 0 saturated carbocycles. The molecular weight excluding hydrogens is 144 g/mol. The van der Waals surface area contributed by atoms with E-state index in [1.165, 1.54) is 6.92 Å². The molecule has 0 amide bonds. The van der Waals surface area contributed by atoms with Crippen molar-refractivity contribution < 1.29 is 14.3 Å². The Labute approximate surface area is 66.0 Å². The number of carbonyl (C=O) groups excluding carboxylic acids is 1. The second-order valence-corrected chi connectivity index (χ2v) is 2.57. The third kappa shape index (κ3) is 2.72. The highest BCUT2D eigenvalue weighted by Gasteiger charge is 2.14. The Morgan fingerprint density at radius 3 is 2.82 bits per heavy atom. The first-order chi connectivity index (χ1) is 5.18. The Morgan fingerprint density at radius 1 is 1.64 bits per heavy atom. The highest BCUT2D eigenvalue weighted by molar-refractivity contribution is 5.66. The lowest BCUT2D eigenvalue weighted by Crippen LogP contribution is -2.26. The quantitative estimate of drug-likeness (QED) is 0.418. The van der Waals surface area contributed by atoms with Crippen molar-refractivity contribution in [1.29, 1.82) is 0 Å². The molecule has 3 nitrogen and oxygen atoms in total. The van der Waals surface area contributed by atoms with Gasteiger partial charge in [-0.3, -0.25) is 4.79 Å². The molecule has 0 aromatic rings. The van der Waals surface area contributed by atoms with Crippen LogP contribution in [0.1, 0.15) is 13.8 Å². The van der Waals surface area contributed by atoms with Crippen LogP contribution in [-0.4, -0.2) is 24.8 Å². The van der Waals surface area contributed by atoms with Crippen molar-refractivity contribution in [2.75, 3.05) is 6.61 Å². The highest BCUT2D eigenvalue weighted by atomic mass is 16.6. The third-order valence-corrected chi connectivity index (χ3v) is 1.44. The molecule has 1 heterocycles. The summed E-state index contributed by atoms with van der Waals surface area (Å²) in [6.07, 6.45) is 3.69. The molecule has 1 aliphatic rings. The van der Waals surface area contributed by atoms with Crippen LogP contribution in [0.4, 0.5) is 0 Å². The molecule has 0 radical (unpaired) electrons. The van der Waals surface area contributed by atoms with E-state index < -0.39 is 0 Å². The lowest BCUT2D eigenvalue weighted by Gasteiger charge is -2.20. The fourth-order valence-corrected chi connectivity index (χ4v) is 0.925. The lowest BCUT2D eigenvalue weighted by molar-refractivity contribution is -0.147. The Hall–Kier alpha value is -0.830. The van der Waals surface area contributed by atoms with Gasteiger partial charge in [-0.25, -0.2) is 0 Å². The van der Waals surface area contributed by atoms with Gasteiger partial charge in [0.15, 0.2) is 0 Å². The van der Waals surface area contributed by atoms with Crippen molar-refractivity contribution in [3.05, 3.63) is 12.2 Å². The van der Waals surface area contributed by atoms with E-state index in [4.69, 9.17) is 9.47 Å². The van der Waals surface area contributed by atoms with Crippen LogP contribution in [-0.2, 0) is 14.3 Å². The lowest BCUT2D eigenvalue weighted by atomic mass is 10.2. The van der Waals surface area contributed by atoms with Gasteiger partial charge < -0.3 is 9.47 Å². The first-order valence-corrected chi connectivity index (χ1v) is 3.65. The Balaban J connectivity index is 2.38. The molecule has 1 rings (SSSR count). The minimum Gasteiger partial charge on any atom is -0.456 e. The average molecular weight is 156 g/mol. The maximum Gasteiger partial charge on any atom is 0.303 e. The molecule has 0 aromatic carbocycles. The molecule has 0 unspecified atom stereocenters. The van der Waals surface area contributed by atoms with E-state index in [1.54, 1.807) is 0 Å². The summed E-state index contributed by atoms with van der Waals surface area (Å²) in [5.74, 6) is -0.266. The smallest absolute Gasteiger partial charge is 0.303 e. The zero-order valence-corrected chi connectivity index (χ0v) is 6.74. The van der Waals surface area contributed by atoms with Crippen LogP contribution in [0.2, 0.25) is 0 Å². The predicted octanol–water partition coefficient (Wildman–Crippen LogP) is 0.893. The van der Waals surface area contributed by atoms with Crippen molar-refractivity contribution >= 4 is 5.97 Å². The van der Waals surface area contributed by atoms with Crippen molar-refractivity contribution in [2.24, 2.45) is 0 Å². The predicted molar refractivity (Wildman–Crippen MR) is 40.1 cm³/mol. The van der Waals surface area contributed by atoms with Crippen LogP contribution in [0.15, 0.2) is 12.2 Å². The summed E-state index contributed by atoms with van der Waals surface area (Å²) in [5.41, 5.74) is 0. The fraction of sp³-hybridized carbons (Fsp3) is 0.625. The summed E-state index contributed by atoms with van der Waals surface area (Å²) < 4.78 is 10.1. The van der Waals surface area contributed by atoms with E-state index in [0.717, 1.165) is 0 Å². The molecule has 11 heavy (non-hydrogen) atoms. The number of esters is 1. The second kappa shape index (κ2) is 3.53. The number of ether oxygens (including phenoxy) is 2. The van der Waals surface area contributed by atoms with E-state index in [9.17, 15) is 4.79 Å². The largest absolute Gasteiger partial charge is 0.456 e. The Morgan fingerprint density at radius 2 is 2.36 bits per heavy atom. The molecule has 62 valence electrons. The fourth-order valence-electron chi connectivity index (χ4n) is 0.925. The van der Waals surface area contributed by atoms with Gasteiger partial charge in [0.2, 0.25) is 0 Å². The summed E-state index contributed by atoms with van der Waals surface area (Å²) in [7, 11) is 0. The third-order valence-electron chi connectivity index (χ3n) is 1.44. The standard InChI is InChI=1S/C8H12O3/c1-6-3-4-8(5-10-6)11-7(2)9/h3-4,6,8H,5H2,1-2H3/t6-,8+/m1/s1. The first-order valence-electron chi connectivity index (χ1n) is 3.65. The van der Waals surface area contributed by atoms with E-state index in [1.807, 2.05) is 19.1 Å². The van der Waals surface area contributed by atoms with E-state index >= 15 is 0 Å². The summed E-state index contributed by atoms with van der Waals surface area (Å²) in [6, 6.07) is 0. The monoisotopic (exact) mass is 156 g/mol. The normalized spacial score (nSPS) is 30.0. The molecule has 3 heteroatoms. The van der Waals surface area contributed by atoms with Gasteiger partial charge in [0.05, 0.1) is 12.7 Å². The summed E-state index contributed by atoms with van der Waals surface area (Å²) in [5, 5.41) is 0. The van der Waals surface area contributed by atoms with Crippen molar-refractivity contribution in [1.82, 2.24) is 0 Å². The van der Waals surface area contributed by atoms with Crippen LogP contribution in [0.5, 0.6) is 0 Å². The van der Waals surface area contributed by atoms with E-state index in [0.29, 0.717) is 6.61 Å². The van der Waals surface area contributed by atoms with Crippen molar-refractivity contribution in [3.8, 4) is 0 Å². The molecule has 0 bridgehead atoms. The van der Waals surface area contributed by atoms with Crippen LogP contribution in [0.3, 0.4) is 0 Å². The van der Waals surface area contributed by atoms with Gasteiger partial charge in [0, 0.05) is 6.92 Å². The first kappa shape index (κ1) is 8.27. The van der Waals surface area contributed by atoms with E-state index in [-0.39, 0.29) is 18.2 Å². The summed E-state index contributed by atoms with van der Waals surface area (Å²) in [6.45, 7) is 3.81. The molecule has 2 atom stereocenters. The topological polar surface area (TPSA) is 35.5 Å². The molecule has 0 spiro atoms. The molecule has 1 aliphatic heterocycles. The number of rotatable bonds is 1. The molecule has 0 N–H and O–H groups in total. The van der Waals surface area contributed by atoms with Crippen LogP contribution in [0, 0.1) is 0 Å². The van der Waals surface area contributed by atoms with Gasteiger partial charge in [-0.1, -0.05) is 6.08 Å². The average Bonchev–Trinajstić information content (AvgIpc) is 1.93. The van der Waals surface area contributed by atoms with Crippen molar-refractivity contribution in [3.63, 3.8) is 0 Å². The molecule has 0 fully saturated rings. The SMILES string of the molecule is CC(=O)O[C@H]1C=C[C@@H](C)OC1. The highest BCUT2D eigenvalue weighted by Crippen LogP contribution is 2.07. The van der Waals surface area contributed by atoms with E-state index in [2.05, 4.69) is 0 Å². The van der Waals surface area contributed by atoms with Crippen molar-refractivity contribution in [2.45, 2.75) is 26.1 Å². The molecule has 0 saturated heterocycles. The molecular formula is C8H12O3. The maximum atomic E-state index is 10.5. The maximum absolute atomic E-state index is 10.5. The summed E-state index contributed by atoms with van der Waals surface area (Å²) in [4.78, 5) is 10.5. The van der Waals surface area contributed by atoms with Gasteiger partial charge >= 0.3 is 5.97 Å². The Kier molecular flexibility index (Phi) is 2.65. The van der Waals surface area contributed by atoms with Crippen LogP contribution in [0.25, 0.3) is 0 Å². The van der Waals surface area contributed by atoms with Crippen LogP contribution < -0.4 is 0 Å². The minimum atomic E-state index is -0.266. The van der Waals surface area contributed by atoms with Gasteiger partial charge in [0.1, 0.15) is 6.10 Å².